The fraction of sp³-hybridized carbons (Fsp3) is 0.850. The molecule has 7 nitrogen and oxygen atoms in total. The topological polar surface area (TPSA) is 79.0 Å². The summed E-state index contributed by atoms with van der Waals surface area (Å²) < 4.78 is 5.35. The Morgan fingerprint density at radius 2 is 1.44 bits per heavy atom. The maximum absolute atomic E-state index is 12.3. The molecule has 0 spiro atoms. The zero-order valence-electron chi connectivity index (χ0n) is 17.9. The third-order valence-electron chi connectivity index (χ3n) is 4.28. The first kappa shape index (κ1) is 23.2. The summed E-state index contributed by atoms with van der Waals surface area (Å²) in [5.41, 5.74) is -0.258. The van der Waals surface area contributed by atoms with Crippen LogP contribution in [0.3, 0.4) is 0 Å². The summed E-state index contributed by atoms with van der Waals surface area (Å²) >= 11 is 0. The molecule has 3 amide bonds. The smallest absolute Gasteiger partial charge is 0.410 e. The van der Waals surface area contributed by atoms with Crippen LogP contribution in [-0.4, -0.2) is 66.0 Å². The molecule has 0 aliphatic carbocycles. The van der Waals surface area contributed by atoms with Crippen LogP contribution in [0, 0.1) is 5.41 Å². The van der Waals surface area contributed by atoms with Gasteiger partial charge in [0.15, 0.2) is 0 Å². The van der Waals surface area contributed by atoms with E-state index in [0.29, 0.717) is 32.7 Å². The summed E-state index contributed by atoms with van der Waals surface area (Å²) in [7, 11) is 0. The SMILES string of the molecule is CC(C)(C)CCCNC(=O)CCC(=O)N1CCN(C(=O)OC(C)(C)C)CC1. The van der Waals surface area contributed by atoms with Crippen molar-refractivity contribution < 1.29 is 19.1 Å². The highest BCUT2D eigenvalue weighted by atomic mass is 16.6. The second-order valence-electron chi connectivity index (χ2n) is 9.36. The molecule has 0 radical (unpaired) electrons. The predicted molar refractivity (Wildman–Crippen MR) is 105 cm³/mol. The van der Waals surface area contributed by atoms with Crippen molar-refractivity contribution >= 4 is 17.9 Å². The van der Waals surface area contributed by atoms with Gasteiger partial charge in [-0.05, 0) is 39.0 Å². The fourth-order valence-electron chi connectivity index (χ4n) is 2.78. The van der Waals surface area contributed by atoms with Crippen molar-refractivity contribution in [1.82, 2.24) is 15.1 Å². The summed E-state index contributed by atoms with van der Waals surface area (Å²) in [5.74, 6) is -0.117. The lowest BCUT2D eigenvalue weighted by molar-refractivity contribution is -0.135. The highest BCUT2D eigenvalue weighted by molar-refractivity contribution is 5.84. The Labute approximate surface area is 163 Å². The summed E-state index contributed by atoms with van der Waals surface area (Å²) in [6.45, 7) is 14.5. The molecule has 27 heavy (non-hydrogen) atoms. The highest BCUT2D eigenvalue weighted by Gasteiger charge is 2.27. The van der Waals surface area contributed by atoms with E-state index in [2.05, 4.69) is 26.1 Å². The molecule has 1 rings (SSSR count). The van der Waals surface area contributed by atoms with E-state index in [1.165, 1.54) is 0 Å². The zero-order valence-corrected chi connectivity index (χ0v) is 17.9. The quantitative estimate of drug-likeness (QED) is 0.715. The average Bonchev–Trinajstić information content (AvgIpc) is 2.54. The summed E-state index contributed by atoms with van der Waals surface area (Å²) in [6.07, 6.45) is 2.06. The molecule has 0 bridgehead atoms. The normalized spacial score (nSPS) is 15.5. The van der Waals surface area contributed by atoms with Crippen molar-refractivity contribution in [2.45, 2.75) is 72.8 Å². The van der Waals surface area contributed by atoms with Crippen LogP contribution in [0.25, 0.3) is 0 Å². The lowest BCUT2D eigenvalue weighted by Gasteiger charge is -2.35. The Morgan fingerprint density at radius 1 is 0.889 bits per heavy atom. The Balaban J connectivity index is 2.23. The van der Waals surface area contributed by atoms with Gasteiger partial charge in [0.25, 0.3) is 0 Å². The minimum Gasteiger partial charge on any atom is -0.444 e. The van der Waals surface area contributed by atoms with Crippen LogP contribution in [0.15, 0.2) is 0 Å². The molecule has 0 atom stereocenters. The monoisotopic (exact) mass is 383 g/mol. The Morgan fingerprint density at radius 3 is 1.96 bits per heavy atom. The molecular formula is C20H37N3O4. The molecule has 7 heteroatoms. The van der Waals surface area contributed by atoms with Crippen LogP contribution in [0.5, 0.6) is 0 Å². The lowest BCUT2D eigenvalue weighted by Crippen LogP contribution is -2.51. The van der Waals surface area contributed by atoms with Crippen molar-refractivity contribution in [1.29, 1.82) is 0 Å². The van der Waals surface area contributed by atoms with Gasteiger partial charge in [0, 0.05) is 45.6 Å². The van der Waals surface area contributed by atoms with Gasteiger partial charge >= 0.3 is 6.09 Å². The maximum Gasteiger partial charge on any atom is 0.410 e. The van der Waals surface area contributed by atoms with Gasteiger partial charge in [-0.1, -0.05) is 20.8 Å². The van der Waals surface area contributed by atoms with Gasteiger partial charge < -0.3 is 19.9 Å². The molecule has 0 saturated carbocycles. The number of carbonyl (C=O) groups is 3. The molecule has 1 fully saturated rings. The van der Waals surface area contributed by atoms with E-state index in [4.69, 9.17) is 4.74 Å². The standard InChI is InChI=1S/C20H37N3O4/c1-19(2,3)10-7-11-21-16(24)8-9-17(25)22-12-14-23(15-13-22)18(26)27-20(4,5)6/h7-15H2,1-6H3,(H,21,24). The van der Waals surface area contributed by atoms with Gasteiger partial charge in [-0.25, -0.2) is 4.79 Å². The minimum atomic E-state index is -0.524. The summed E-state index contributed by atoms with van der Waals surface area (Å²) in [4.78, 5) is 39.5. The number of hydrogen-bond donors (Lipinski definition) is 1. The van der Waals surface area contributed by atoms with Crippen LogP contribution in [0.2, 0.25) is 0 Å². The van der Waals surface area contributed by atoms with Crippen molar-refractivity contribution in [2.24, 2.45) is 5.41 Å². The van der Waals surface area contributed by atoms with E-state index >= 15 is 0 Å². The number of amides is 3. The molecule has 1 aliphatic rings. The summed E-state index contributed by atoms with van der Waals surface area (Å²) in [5, 5.41) is 2.88. The highest BCUT2D eigenvalue weighted by Crippen LogP contribution is 2.19. The maximum atomic E-state index is 12.3. The second kappa shape index (κ2) is 9.95. The van der Waals surface area contributed by atoms with E-state index in [-0.39, 0.29) is 36.2 Å². The molecular weight excluding hydrogens is 346 g/mol. The molecule has 1 saturated heterocycles. The molecule has 1 heterocycles. The summed E-state index contributed by atoms with van der Waals surface area (Å²) in [6, 6.07) is 0. The number of carbonyl (C=O) groups excluding carboxylic acids is 3. The van der Waals surface area contributed by atoms with Crippen LogP contribution >= 0.6 is 0 Å². The van der Waals surface area contributed by atoms with Crippen molar-refractivity contribution in [3.8, 4) is 0 Å². The third kappa shape index (κ3) is 10.2. The van der Waals surface area contributed by atoms with Crippen molar-refractivity contribution in [3.63, 3.8) is 0 Å². The van der Waals surface area contributed by atoms with E-state index < -0.39 is 5.60 Å². The van der Waals surface area contributed by atoms with Crippen LogP contribution in [0.4, 0.5) is 4.79 Å². The first-order chi connectivity index (χ1) is 12.4. The number of nitrogens with zero attached hydrogens (tertiary/aromatic N) is 2. The van der Waals surface area contributed by atoms with E-state index in [1.807, 2.05) is 20.8 Å². The van der Waals surface area contributed by atoms with E-state index in [1.54, 1.807) is 9.80 Å². The van der Waals surface area contributed by atoms with Gasteiger partial charge in [0.1, 0.15) is 5.60 Å². The van der Waals surface area contributed by atoms with Gasteiger partial charge in [0.2, 0.25) is 11.8 Å². The van der Waals surface area contributed by atoms with Gasteiger partial charge in [-0.3, -0.25) is 9.59 Å². The molecule has 156 valence electrons. The molecule has 1 aliphatic heterocycles. The fourth-order valence-corrected chi connectivity index (χ4v) is 2.78. The van der Waals surface area contributed by atoms with Crippen molar-refractivity contribution in [2.75, 3.05) is 32.7 Å². The van der Waals surface area contributed by atoms with Gasteiger partial charge in [-0.2, -0.15) is 0 Å². The molecule has 0 aromatic heterocycles. The Kier molecular flexibility index (Phi) is 8.57. The minimum absolute atomic E-state index is 0.0383. The first-order valence-electron chi connectivity index (χ1n) is 9.90. The first-order valence-corrected chi connectivity index (χ1v) is 9.90. The Bertz CT molecular complexity index is 512. The van der Waals surface area contributed by atoms with Crippen LogP contribution < -0.4 is 5.32 Å². The zero-order chi connectivity index (χ0) is 20.7. The van der Waals surface area contributed by atoms with Crippen LogP contribution in [0.1, 0.15) is 67.2 Å². The second-order valence-corrected chi connectivity index (χ2v) is 9.36. The molecule has 0 unspecified atom stereocenters. The van der Waals surface area contributed by atoms with Gasteiger partial charge in [-0.15, -0.1) is 0 Å². The molecule has 1 N–H and O–H groups in total. The number of rotatable bonds is 6. The number of hydrogen-bond acceptors (Lipinski definition) is 4. The molecule has 0 aromatic rings. The van der Waals surface area contributed by atoms with Crippen LogP contribution in [-0.2, 0) is 14.3 Å². The van der Waals surface area contributed by atoms with E-state index in [9.17, 15) is 14.4 Å². The molecule has 0 aromatic carbocycles. The lowest BCUT2D eigenvalue weighted by atomic mass is 9.91. The Hall–Kier alpha value is -1.79. The number of nitrogens with one attached hydrogen (secondary N) is 1. The largest absolute Gasteiger partial charge is 0.444 e. The third-order valence-corrected chi connectivity index (χ3v) is 4.28. The average molecular weight is 384 g/mol. The number of piperazine rings is 1. The van der Waals surface area contributed by atoms with Crippen molar-refractivity contribution in [3.05, 3.63) is 0 Å². The predicted octanol–water partition coefficient (Wildman–Crippen LogP) is 2.79. The van der Waals surface area contributed by atoms with E-state index in [0.717, 1.165) is 12.8 Å². The number of ether oxygens (including phenoxy) is 1. The van der Waals surface area contributed by atoms with Gasteiger partial charge in [0.05, 0.1) is 0 Å².